The van der Waals surface area contributed by atoms with Crippen molar-refractivity contribution in [3.05, 3.63) is 76.1 Å². The topological polar surface area (TPSA) is 81.9 Å². The summed E-state index contributed by atoms with van der Waals surface area (Å²) < 4.78 is 7.09. The van der Waals surface area contributed by atoms with Crippen molar-refractivity contribution in [2.75, 3.05) is 11.9 Å². The molecular formula is C21H25N5O2. The van der Waals surface area contributed by atoms with Crippen LogP contribution in [-0.4, -0.2) is 26.4 Å². The standard InChI is InChI=1S/C21H25N5O2/c1-15(18-8-4-6-16(2)24-18)9-11-28-20-12-19(21(27)26(3)25-20)23-14-17-7-5-10-22-13-17/h4-8,10,12-13,15,23H,9,11,14H2,1-3H3. The Morgan fingerprint density at radius 3 is 2.86 bits per heavy atom. The van der Waals surface area contributed by atoms with E-state index in [0.717, 1.165) is 23.4 Å². The fourth-order valence-corrected chi connectivity index (χ4v) is 2.81. The van der Waals surface area contributed by atoms with E-state index in [1.165, 1.54) is 4.68 Å². The van der Waals surface area contributed by atoms with Gasteiger partial charge < -0.3 is 10.1 Å². The van der Waals surface area contributed by atoms with E-state index in [1.807, 2.05) is 37.3 Å². The van der Waals surface area contributed by atoms with Gasteiger partial charge >= 0.3 is 0 Å². The quantitative estimate of drug-likeness (QED) is 0.648. The molecule has 3 rings (SSSR count). The second kappa shape index (κ2) is 9.12. The molecule has 1 N–H and O–H groups in total. The van der Waals surface area contributed by atoms with E-state index >= 15 is 0 Å². The molecule has 0 aliphatic carbocycles. The molecule has 0 spiro atoms. The van der Waals surface area contributed by atoms with Gasteiger partial charge in [0, 0.05) is 49.4 Å². The Hall–Kier alpha value is -3.22. The number of aromatic nitrogens is 4. The third-order valence-corrected chi connectivity index (χ3v) is 4.46. The molecule has 0 aliphatic rings. The molecule has 28 heavy (non-hydrogen) atoms. The number of rotatable bonds is 8. The largest absolute Gasteiger partial charge is 0.477 e. The average Bonchev–Trinajstić information content (AvgIpc) is 2.70. The molecule has 0 radical (unpaired) electrons. The summed E-state index contributed by atoms with van der Waals surface area (Å²) in [5.41, 5.74) is 3.30. The molecule has 0 amide bonds. The molecule has 0 bridgehead atoms. The fourth-order valence-electron chi connectivity index (χ4n) is 2.81. The summed E-state index contributed by atoms with van der Waals surface area (Å²) in [5.74, 6) is 0.691. The number of hydrogen-bond acceptors (Lipinski definition) is 6. The Morgan fingerprint density at radius 2 is 2.11 bits per heavy atom. The van der Waals surface area contributed by atoms with Gasteiger partial charge in [-0.15, -0.1) is 5.10 Å². The minimum absolute atomic E-state index is 0.200. The summed E-state index contributed by atoms with van der Waals surface area (Å²) in [5, 5.41) is 7.32. The predicted octanol–water partition coefficient (Wildman–Crippen LogP) is 3.06. The van der Waals surface area contributed by atoms with Crippen molar-refractivity contribution in [2.45, 2.75) is 32.7 Å². The van der Waals surface area contributed by atoms with Crippen LogP contribution in [-0.2, 0) is 13.6 Å². The van der Waals surface area contributed by atoms with Gasteiger partial charge in [-0.05, 0) is 37.1 Å². The monoisotopic (exact) mass is 379 g/mol. The molecule has 3 heterocycles. The molecule has 3 aromatic rings. The third kappa shape index (κ3) is 5.16. The maximum atomic E-state index is 12.3. The number of nitrogens with zero attached hydrogens (tertiary/aromatic N) is 4. The van der Waals surface area contributed by atoms with Crippen LogP contribution in [0.15, 0.2) is 53.6 Å². The number of nitrogens with one attached hydrogen (secondary N) is 1. The summed E-state index contributed by atoms with van der Waals surface area (Å²) in [6.07, 6.45) is 4.28. The van der Waals surface area contributed by atoms with Crippen LogP contribution in [0.25, 0.3) is 0 Å². The van der Waals surface area contributed by atoms with Crippen LogP contribution in [0, 0.1) is 6.92 Å². The summed E-state index contributed by atoms with van der Waals surface area (Å²) in [7, 11) is 1.61. The van der Waals surface area contributed by atoms with Gasteiger partial charge in [-0.3, -0.25) is 14.8 Å². The van der Waals surface area contributed by atoms with Gasteiger partial charge in [0.05, 0.1) is 6.61 Å². The lowest BCUT2D eigenvalue weighted by molar-refractivity contribution is 0.281. The first kappa shape index (κ1) is 19.5. The molecule has 1 atom stereocenters. The lowest BCUT2D eigenvalue weighted by atomic mass is 10.0. The molecule has 7 nitrogen and oxygen atoms in total. The lowest BCUT2D eigenvalue weighted by Gasteiger charge is -2.13. The highest BCUT2D eigenvalue weighted by Gasteiger charge is 2.10. The minimum Gasteiger partial charge on any atom is -0.477 e. The van der Waals surface area contributed by atoms with Crippen LogP contribution < -0.4 is 15.6 Å². The molecule has 0 saturated heterocycles. The van der Waals surface area contributed by atoms with E-state index in [-0.39, 0.29) is 11.5 Å². The SMILES string of the molecule is Cc1cccc(C(C)CCOc2cc(NCc3cccnc3)c(=O)n(C)n2)n1. The molecule has 7 heteroatoms. The number of pyridine rings is 2. The highest BCUT2D eigenvalue weighted by Crippen LogP contribution is 2.18. The van der Waals surface area contributed by atoms with Crippen molar-refractivity contribution in [3.63, 3.8) is 0 Å². The number of anilines is 1. The zero-order valence-electron chi connectivity index (χ0n) is 16.4. The molecule has 3 aromatic heterocycles. The molecule has 0 aromatic carbocycles. The molecule has 0 saturated carbocycles. The third-order valence-electron chi connectivity index (χ3n) is 4.46. The molecule has 146 valence electrons. The van der Waals surface area contributed by atoms with Gasteiger partial charge in [-0.1, -0.05) is 19.1 Å². The summed E-state index contributed by atoms with van der Waals surface area (Å²) >= 11 is 0. The zero-order valence-corrected chi connectivity index (χ0v) is 16.4. The zero-order chi connectivity index (χ0) is 19.9. The van der Waals surface area contributed by atoms with Gasteiger partial charge in [0.25, 0.3) is 5.56 Å². The van der Waals surface area contributed by atoms with Crippen LogP contribution in [0.2, 0.25) is 0 Å². The molecule has 1 unspecified atom stereocenters. The van der Waals surface area contributed by atoms with Crippen LogP contribution in [0.4, 0.5) is 5.69 Å². The van der Waals surface area contributed by atoms with Gasteiger partial charge in [0.15, 0.2) is 0 Å². The van der Waals surface area contributed by atoms with Crippen LogP contribution in [0.1, 0.15) is 36.2 Å². The Balaban J connectivity index is 1.61. The van der Waals surface area contributed by atoms with Crippen molar-refractivity contribution in [1.29, 1.82) is 0 Å². The first-order valence-electron chi connectivity index (χ1n) is 9.30. The van der Waals surface area contributed by atoms with Crippen molar-refractivity contribution in [1.82, 2.24) is 19.7 Å². The lowest BCUT2D eigenvalue weighted by Crippen LogP contribution is -2.24. The highest BCUT2D eigenvalue weighted by atomic mass is 16.5. The van der Waals surface area contributed by atoms with E-state index in [1.54, 1.807) is 25.5 Å². The normalized spacial score (nSPS) is 11.8. The molecule has 0 fully saturated rings. The Morgan fingerprint density at radius 1 is 1.25 bits per heavy atom. The van der Waals surface area contributed by atoms with Crippen LogP contribution in [0.3, 0.4) is 0 Å². The Bertz CT molecular complexity index is 972. The van der Waals surface area contributed by atoms with E-state index < -0.39 is 0 Å². The summed E-state index contributed by atoms with van der Waals surface area (Å²) in [6.45, 7) is 5.11. The fraction of sp³-hybridized carbons (Fsp3) is 0.333. The first-order valence-corrected chi connectivity index (χ1v) is 9.30. The van der Waals surface area contributed by atoms with Crippen molar-refractivity contribution < 1.29 is 4.74 Å². The van der Waals surface area contributed by atoms with E-state index in [2.05, 4.69) is 27.3 Å². The smallest absolute Gasteiger partial charge is 0.290 e. The second-order valence-corrected chi connectivity index (χ2v) is 6.78. The van der Waals surface area contributed by atoms with Gasteiger partial charge in [-0.25, -0.2) is 4.68 Å². The van der Waals surface area contributed by atoms with E-state index in [0.29, 0.717) is 24.7 Å². The van der Waals surface area contributed by atoms with Gasteiger partial charge in [0.1, 0.15) is 5.69 Å². The summed E-state index contributed by atoms with van der Waals surface area (Å²) in [4.78, 5) is 20.9. The average molecular weight is 379 g/mol. The number of ether oxygens (including phenoxy) is 1. The number of aryl methyl sites for hydroxylation is 2. The molecule has 0 aliphatic heterocycles. The van der Waals surface area contributed by atoms with E-state index in [4.69, 9.17) is 4.74 Å². The van der Waals surface area contributed by atoms with Gasteiger partial charge in [0.2, 0.25) is 5.88 Å². The van der Waals surface area contributed by atoms with E-state index in [9.17, 15) is 4.79 Å². The highest BCUT2D eigenvalue weighted by molar-refractivity contribution is 5.43. The minimum atomic E-state index is -0.200. The summed E-state index contributed by atoms with van der Waals surface area (Å²) in [6, 6.07) is 11.5. The van der Waals surface area contributed by atoms with Crippen molar-refractivity contribution >= 4 is 5.69 Å². The maximum Gasteiger partial charge on any atom is 0.290 e. The van der Waals surface area contributed by atoms with Crippen molar-refractivity contribution in [3.8, 4) is 5.88 Å². The Kier molecular flexibility index (Phi) is 6.37. The van der Waals surface area contributed by atoms with Crippen molar-refractivity contribution in [2.24, 2.45) is 7.05 Å². The first-order chi connectivity index (χ1) is 13.5. The molecular weight excluding hydrogens is 354 g/mol. The predicted molar refractivity (Wildman–Crippen MR) is 109 cm³/mol. The maximum absolute atomic E-state index is 12.3. The Labute approximate surface area is 164 Å². The van der Waals surface area contributed by atoms with Crippen LogP contribution >= 0.6 is 0 Å². The van der Waals surface area contributed by atoms with Crippen LogP contribution in [0.5, 0.6) is 5.88 Å². The second-order valence-electron chi connectivity index (χ2n) is 6.78. The van der Waals surface area contributed by atoms with Gasteiger partial charge in [-0.2, -0.15) is 0 Å². The number of hydrogen-bond donors (Lipinski definition) is 1.